The monoisotopic (exact) mass is 241 g/mol. The third kappa shape index (κ3) is 2.46. The molecule has 1 aromatic heterocycles. The van der Waals surface area contributed by atoms with Crippen LogP contribution in [-0.2, 0) is 13.0 Å². The molecule has 0 saturated carbocycles. The number of aromatic nitrogens is 2. The SMILES string of the molecule is c1ccc2c(c1)CC2CNCCCn1cccn1. The fraction of sp³-hybridized carbons (Fsp3) is 0.400. The average Bonchev–Trinajstić information content (AvgIpc) is 2.87. The number of rotatable bonds is 6. The van der Waals surface area contributed by atoms with Crippen LogP contribution >= 0.6 is 0 Å². The van der Waals surface area contributed by atoms with Gasteiger partial charge >= 0.3 is 0 Å². The first-order chi connectivity index (χ1) is 8.93. The van der Waals surface area contributed by atoms with Crippen LogP contribution in [0.3, 0.4) is 0 Å². The average molecular weight is 241 g/mol. The third-order valence-electron chi connectivity index (χ3n) is 3.65. The van der Waals surface area contributed by atoms with Crippen molar-refractivity contribution in [3.8, 4) is 0 Å². The van der Waals surface area contributed by atoms with E-state index in [2.05, 4.69) is 34.7 Å². The second-order valence-corrected chi connectivity index (χ2v) is 4.93. The number of hydrogen-bond donors (Lipinski definition) is 1. The van der Waals surface area contributed by atoms with Gasteiger partial charge in [-0.1, -0.05) is 24.3 Å². The summed E-state index contributed by atoms with van der Waals surface area (Å²) in [4.78, 5) is 0. The van der Waals surface area contributed by atoms with Crippen LogP contribution in [-0.4, -0.2) is 22.9 Å². The Bertz CT molecular complexity index is 490. The molecule has 3 heteroatoms. The van der Waals surface area contributed by atoms with Crippen molar-refractivity contribution in [2.24, 2.45) is 0 Å². The zero-order valence-electron chi connectivity index (χ0n) is 10.5. The van der Waals surface area contributed by atoms with Crippen LogP contribution in [0.5, 0.6) is 0 Å². The molecular weight excluding hydrogens is 222 g/mol. The fourth-order valence-electron chi connectivity index (χ4n) is 2.62. The predicted octanol–water partition coefficient (Wildman–Crippen LogP) is 2.20. The number of nitrogens with zero attached hydrogens (tertiary/aromatic N) is 2. The van der Waals surface area contributed by atoms with Crippen molar-refractivity contribution in [3.63, 3.8) is 0 Å². The van der Waals surface area contributed by atoms with Crippen LogP contribution in [0.25, 0.3) is 0 Å². The topological polar surface area (TPSA) is 29.9 Å². The molecule has 1 heterocycles. The van der Waals surface area contributed by atoms with Crippen molar-refractivity contribution in [3.05, 3.63) is 53.9 Å². The number of hydrogen-bond acceptors (Lipinski definition) is 2. The molecule has 0 radical (unpaired) electrons. The van der Waals surface area contributed by atoms with Gasteiger partial charge in [0.25, 0.3) is 0 Å². The van der Waals surface area contributed by atoms with Gasteiger partial charge in [-0.25, -0.2) is 0 Å². The summed E-state index contributed by atoms with van der Waals surface area (Å²) in [6.07, 6.45) is 6.22. The third-order valence-corrected chi connectivity index (χ3v) is 3.65. The van der Waals surface area contributed by atoms with Gasteiger partial charge in [-0.15, -0.1) is 0 Å². The Morgan fingerprint density at radius 1 is 1.28 bits per heavy atom. The first kappa shape index (κ1) is 11.5. The Labute approximate surface area is 108 Å². The normalized spacial score (nSPS) is 17.2. The maximum atomic E-state index is 4.19. The molecule has 1 aliphatic rings. The molecule has 0 bridgehead atoms. The van der Waals surface area contributed by atoms with Gasteiger partial charge in [0.1, 0.15) is 0 Å². The quantitative estimate of drug-likeness (QED) is 0.786. The summed E-state index contributed by atoms with van der Waals surface area (Å²) in [7, 11) is 0. The van der Waals surface area contributed by atoms with Gasteiger partial charge in [-0.05, 0) is 36.6 Å². The molecule has 0 amide bonds. The molecule has 1 atom stereocenters. The summed E-state index contributed by atoms with van der Waals surface area (Å²) < 4.78 is 1.99. The van der Waals surface area contributed by atoms with E-state index in [0.29, 0.717) is 0 Å². The van der Waals surface area contributed by atoms with E-state index in [9.17, 15) is 0 Å². The number of fused-ring (bicyclic) bond motifs is 1. The van der Waals surface area contributed by atoms with Gasteiger partial charge in [-0.2, -0.15) is 5.10 Å². The maximum absolute atomic E-state index is 4.19. The van der Waals surface area contributed by atoms with Gasteiger partial charge in [0.2, 0.25) is 0 Å². The minimum absolute atomic E-state index is 0.728. The molecule has 94 valence electrons. The highest BCUT2D eigenvalue weighted by molar-refractivity contribution is 5.40. The molecule has 0 fully saturated rings. The van der Waals surface area contributed by atoms with E-state index in [0.717, 1.165) is 32.0 Å². The molecule has 0 aliphatic heterocycles. The minimum atomic E-state index is 0.728. The van der Waals surface area contributed by atoms with Crippen LogP contribution < -0.4 is 5.32 Å². The summed E-state index contributed by atoms with van der Waals surface area (Å²) in [6, 6.07) is 10.7. The van der Waals surface area contributed by atoms with Gasteiger partial charge in [0.05, 0.1) is 0 Å². The van der Waals surface area contributed by atoms with Crippen molar-refractivity contribution >= 4 is 0 Å². The van der Waals surface area contributed by atoms with Crippen LogP contribution in [0.15, 0.2) is 42.7 Å². The molecule has 1 unspecified atom stereocenters. The number of nitrogens with one attached hydrogen (secondary N) is 1. The van der Waals surface area contributed by atoms with Crippen molar-refractivity contribution in [1.82, 2.24) is 15.1 Å². The fourth-order valence-corrected chi connectivity index (χ4v) is 2.62. The molecule has 2 aromatic rings. The molecule has 0 saturated heterocycles. The maximum Gasteiger partial charge on any atom is 0.0489 e. The molecule has 3 nitrogen and oxygen atoms in total. The van der Waals surface area contributed by atoms with Crippen molar-refractivity contribution in [2.45, 2.75) is 25.3 Å². The van der Waals surface area contributed by atoms with Crippen LogP contribution in [0.2, 0.25) is 0 Å². The second-order valence-electron chi connectivity index (χ2n) is 4.93. The second kappa shape index (κ2) is 5.36. The van der Waals surface area contributed by atoms with Crippen LogP contribution in [0.1, 0.15) is 23.5 Å². The Hall–Kier alpha value is -1.61. The van der Waals surface area contributed by atoms with E-state index >= 15 is 0 Å². The zero-order valence-corrected chi connectivity index (χ0v) is 10.5. The molecule has 1 aliphatic carbocycles. The number of benzene rings is 1. The predicted molar refractivity (Wildman–Crippen MR) is 72.6 cm³/mol. The standard InChI is InChI=1S/C15H19N3/c1-2-6-15-13(5-1)11-14(15)12-16-7-3-9-18-10-4-8-17-18/h1-2,4-6,8,10,14,16H,3,7,9,11-12H2. The van der Waals surface area contributed by atoms with Crippen LogP contribution in [0.4, 0.5) is 0 Å². The lowest BCUT2D eigenvalue weighted by molar-refractivity contribution is 0.500. The smallest absolute Gasteiger partial charge is 0.0489 e. The summed E-state index contributed by atoms with van der Waals surface area (Å²) in [5.74, 6) is 0.728. The zero-order chi connectivity index (χ0) is 12.2. The Morgan fingerprint density at radius 3 is 3.06 bits per heavy atom. The van der Waals surface area contributed by atoms with Crippen molar-refractivity contribution in [1.29, 1.82) is 0 Å². The lowest BCUT2D eigenvalue weighted by Crippen LogP contribution is -2.30. The summed E-state index contributed by atoms with van der Waals surface area (Å²) in [5, 5.41) is 7.74. The van der Waals surface area contributed by atoms with Crippen molar-refractivity contribution < 1.29 is 0 Å². The molecule has 1 aromatic carbocycles. The lowest BCUT2D eigenvalue weighted by Gasteiger charge is -2.30. The highest BCUT2D eigenvalue weighted by atomic mass is 15.3. The van der Waals surface area contributed by atoms with Gasteiger partial charge < -0.3 is 5.32 Å². The largest absolute Gasteiger partial charge is 0.316 e. The van der Waals surface area contributed by atoms with E-state index in [1.807, 2.05) is 23.1 Å². The molecule has 0 spiro atoms. The summed E-state index contributed by atoms with van der Waals surface area (Å²) in [6.45, 7) is 3.18. The Balaban J connectivity index is 1.34. The van der Waals surface area contributed by atoms with E-state index in [4.69, 9.17) is 0 Å². The first-order valence-corrected chi connectivity index (χ1v) is 6.69. The summed E-state index contributed by atoms with van der Waals surface area (Å²) in [5.41, 5.74) is 3.07. The van der Waals surface area contributed by atoms with Crippen LogP contribution in [0, 0.1) is 0 Å². The molecule has 18 heavy (non-hydrogen) atoms. The molecule has 3 rings (SSSR count). The highest BCUT2D eigenvalue weighted by Crippen LogP contribution is 2.33. The molecular formula is C15H19N3. The minimum Gasteiger partial charge on any atom is -0.316 e. The van der Waals surface area contributed by atoms with Gasteiger partial charge in [0.15, 0.2) is 0 Å². The lowest BCUT2D eigenvalue weighted by atomic mass is 9.77. The molecule has 1 N–H and O–H groups in total. The van der Waals surface area contributed by atoms with E-state index < -0.39 is 0 Å². The first-order valence-electron chi connectivity index (χ1n) is 6.69. The number of aryl methyl sites for hydroxylation is 1. The summed E-state index contributed by atoms with van der Waals surface area (Å²) >= 11 is 0. The van der Waals surface area contributed by atoms with Gasteiger partial charge in [0, 0.05) is 31.4 Å². The Morgan fingerprint density at radius 2 is 2.22 bits per heavy atom. The van der Waals surface area contributed by atoms with E-state index in [1.54, 1.807) is 0 Å². The highest BCUT2D eigenvalue weighted by Gasteiger charge is 2.24. The van der Waals surface area contributed by atoms with E-state index in [1.165, 1.54) is 17.5 Å². The van der Waals surface area contributed by atoms with E-state index in [-0.39, 0.29) is 0 Å². The van der Waals surface area contributed by atoms with Crippen molar-refractivity contribution in [2.75, 3.05) is 13.1 Å². The Kier molecular flexibility index (Phi) is 3.42. The van der Waals surface area contributed by atoms with Gasteiger partial charge in [-0.3, -0.25) is 4.68 Å².